The highest BCUT2D eigenvalue weighted by molar-refractivity contribution is 5.29. The monoisotopic (exact) mass is 241 g/mol. The predicted molar refractivity (Wildman–Crippen MR) is 61.6 cm³/mol. The molecule has 1 saturated heterocycles. The van der Waals surface area contributed by atoms with Gasteiger partial charge in [0.25, 0.3) is 0 Å². The zero-order chi connectivity index (χ0) is 12.6. The molecule has 0 radical (unpaired) electrons. The molecule has 17 heavy (non-hydrogen) atoms. The summed E-state index contributed by atoms with van der Waals surface area (Å²) in [7, 11) is 0. The Morgan fingerprint density at radius 2 is 2.06 bits per heavy atom. The summed E-state index contributed by atoms with van der Waals surface area (Å²) >= 11 is 0. The smallest absolute Gasteiger partial charge is 0.163 e. The van der Waals surface area contributed by atoms with Gasteiger partial charge in [0.15, 0.2) is 11.6 Å². The van der Waals surface area contributed by atoms with Crippen LogP contribution in [0.2, 0.25) is 0 Å². The van der Waals surface area contributed by atoms with Crippen molar-refractivity contribution in [3.05, 3.63) is 34.9 Å². The van der Waals surface area contributed by atoms with Crippen molar-refractivity contribution in [3.63, 3.8) is 0 Å². The molecule has 0 amide bonds. The van der Waals surface area contributed by atoms with Gasteiger partial charge in [-0.25, -0.2) is 8.78 Å². The van der Waals surface area contributed by atoms with E-state index in [0.717, 1.165) is 12.8 Å². The van der Waals surface area contributed by atoms with E-state index in [2.05, 4.69) is 0 Å². The Bertz CT molecular complexity index is 428. The fourth-order valence-corrected chi connectivity index (χ4v) is 2.28. The minimum absolute atomic E-state index is 0.192. The van der Waals surface area contributed by atoms with Crippen LogP contribution in [-0.2, 0) is 4.74 Å². The van der Waals surface area contributed by atoms with Crippen LogP contribution in [-0.4, -0.2) is 12.2 Å². The lowest BCUT2D eigenvalue weighted by Crippen LogP contribution is -2.38. The molecule has 1 aliphatic rings. The van der Waals surface area contributed by atoms with E-state index in [0.29, 0.717) is 6.61 Å². The van der Waals surface area contributed by atoms with E-state index in [9.17, 15) is 8.78 Å². The first-order valence-corrected chi connectivity index (χ1v) is 5.80. The van der Waals surface area contributed by atoms with Crippen LogP contribution in [0.4, 0.5) is 8.78 Å². The zero-order valence-electron chi connectivity index (χ0n) is 10.1. The molecule has 0 saturated carbocycles. The largest absolute Gasteiger partial charge is 0.373 e. The first-order valence-electron chi connectivity index (χ1n) is 5.80. The molecule has 1 aromatic rings. The first kappa shape index (κ1) is 12.5. The lowest BCUT2D eigenvalue weighted by molar-refractivity contribution is -0.00271. The van der Waals surface area contributed by atoms with E-state index in [1.165, 1.54) is 6.92 Å². The maximum Gasteiger partial charge on any atom is 0.163 e. The molecule has 94 valence electrons. The van der Waals surface area contributed by atoms with E-state index >= 15 is 0 Å². The lowest BCUT2D eigenvalue weighted by Gasteiger charge is -2.31. The predicted octanol–water partition coefficient (Wildman–Crippen LogP) is 2.84. The topological polar surface area (TPSA) is 35.2 Å². The van der Waals surface area contributed by atoms with Crippen molar-refractivity contribution < 1.29 is 13.5 Å². The molecular formula is C13H17F2NO. The summed E-state index contributed by atoms with van der Waals surface area (Å²) in [4.78, 5) is 0. The first-order chi connectivity index (χ1) is 7.96. The number of ether oxygens (including phenoxy) is 1. The molecule has 4 heteroatoms. The highest BCUT2D eigenvalue weighted by atomic mass is 19.2. The summed E-state index contributed by atoms with van der Waals surface area (Å²) in [5.41, 5.74) is 5.91. The van der Waals surface area contributed by atoms with Gasteiger partial charge in [-0.3, -0.25) is 0 Å². The molecule has 2 atom stereocenters. The van der Waals surface area contributed by atoms with Crippen LogP contribution in [0.1, 0.15) is 36.9 Å². The average Bonchev–Trinajstić information content (AvgIpc) is 2.74. The van der Waals surface area contributed by atoms with Crippen LogP contribution in [0.5, 0.6) is 0 Å². The summed E-state index contributed by atoms with van der Waals surface area (Å²) in [5.74, 6) is -1.67. The van der Waals surface area contributed by atoms with Gasteiger partial charge in [-0.1, -0.05) is 12.1 Å². The standard InChI is InChI=1S/C13H17F2NO/c1-8-4-5-9(11(15)10(8)14)12(16)13(2)6-3-7-17-13/h4-5,12H,3,6-7,16H2,1-2H3. The van der Waals surface area contributed by atoms with Gasteiger partial charge in [0.1, 0.15) is 0 Å². The van der Waals surface area contributed by atoms with Gasteiger partial charge in [0, 0.05) is 12.2 Å². The minimum atomic E-state index is -0.853. The minimum Gasteiger partial charge on any atom is -0.373 e. The Morgan fingerprint density at radius 3 is 2.65 bits per heavy atom. The lowest BCUT2D eigenvalue weighted by atomic mass is 9.88. The number of aryl methyl sites for hydroxylation is 1. The summed E-state index contributed by atoms with van der Waals surface area (Å²) < 4.78 is 32.9. The normalized spacial score (nSPS) is 26.2. The fourth-order valence-electron chi connectivity index (χ4n) is 2.28. The molecular weight excluding hydrogens is 224 g/mol. The molecule has 2 rings (SSSR count). The SMILES string of the molecule is Cc1ccc(C(N)C2(C)CCCO2)c(F)c1F. The van der Waals surface area contributed by atoms with Crippen LogP contribution < -0.4 is 5.73 Å². The Labute approximate surface area is 99.8 Å². The molecule has 1 fully saturated rings. The van der Waals surface area contributed by atoms with Gasteiger partial charge in [-0.15, -0.1) is 0 Å². The van der Waals surface area contributed by atoms with Crippen molar-refractivity contribution in [2.75, 3.05) is 6.61 Å². The van der Waals surface area contributed by atoms with Gasteiger partial charge in [0.2, 0.25) is 0 Å². The highest BCUT2D eigenvalue weighted by Gasteiger charge is 2.38. The van der Waals surface area contributed by atoms with Gasteiger partial charge in [-0.2, -0.15) is 0 Å². The molecule has 1 aromatic carbocycles. The van der Waals surface area contributed by atoms with Crippen LogP contribution in [0.3, 0.4) is 0 Å². The van der Waals surface area contributed by atoms with Crippen molar-refractivity contribution in [2.24, 2.45) is 5.73 Å². The Hall–Kier alpha value is -1.00. The van der Waals surface area contributed by atoms with E-state index in [-0.39, 0.29) is 11.1 Å². The Kier molecular flexibility index (Phi) is 3.19. The number of rotatable bonds is 2. The molecule has 2 N–H and O–H groups in total. The third-order valence-corrected chi connectivity index (χ3v) is 3.55. The Balaban J connectivity index is 2.37. The van der Waals surface area contributed by atoms with Crippen molar-refractivity contribution in [1.29, 1.82) is 0 Å². The molecule has 2 unspecified atom stereocenters. The van der Waals surface area contributed by atoms with E-state index in [4.69, 9.17) is 10.5 Å². The van der Waals surface area contributed by atoms with Crippen molar-refractivity contribution >= 4 is 0 Å². The second kappa shape index (κ2) is 4.35. The van der Waals surface area contributed by atoms with Crippen molar-refractivity contribution in [1.82, 2.24) is 0 Å². The van der Waals surface area contributed by atoms with Crippen LogP contribution in [0, 0.1) is 18.6 Å². The molecule has 0 bridgehead atoms. The van der Waals surface area contributed by atoms with Gasteiger partial charge in [-0.05, 0) is 32.3 Å². The molecule has 1 aliphatic heterocycles. The molecule has 0 aromatic heterocycles. The third-order valence-electron chi connectivity index (χ3n) is 3.55. The number of benzene rings is 1. The average molecular weight is 241 g/mol. The zero-order valence-corrected chi connectivity index (χ0v) is 10.1. The Morgan fingerprint density at radius 1 is 1.35 bits per heavy atom. The molecule has 2 nitrogen and oxygen atoms in total. The molecule has 0 spiro atoms. The van der Waals surface area contributed by atoms with Crippen LogP contribution >= 0.6 is 0 Å². The van der Waals surface area contributed by atoms with Crippen molar-refractivity contribution in [2.45, 2.75) is 38.3 Å². The fraction of sp³-hybridized carbons (Fsp3) is 0.538. The second-order valence-corrected chi connectivity index (χ2v) is 4.84. The van der Waals surface area contributed by atoms with Crippen LogP contribution in [0.15, 0.2) is 12.1 Å². The third kappa shape index (κ3) is 2.07. The highest BCUT2D eigenvalue weighted by Crippen LogP contribution is 2.37. The summed E-state index contributed by atoms with van der Waals surface area (Å²) in [6, 6.07) is 2.46. The van der Waals surface area contributed by atoms with E-state index in [1.54, 1.807) is 12.1 Å². The van der Waals surface area contributed by atoms with Crippen molar-refractivity contribution in [3.8, 4) is 0 Å². The van der Waals surface area contributed by atoms with Gasteiger partial charge in [0.05, 0.1) is 11.6 Å². The maximum absolute atomic E-state index is 13.8. The number of hydrogen-bond donors (Lipinski definition) is 1. The summed E-state index contributed by atoms with van der Waals surface area (Å²) in [5, 5.41) is 0. The van der Waals surface area contributed by atoms with Gasteiger partial charge < -0.3 is 10.5 Å². The number of hydrogen-bond acceptors (Lipinski definition) is 2. The molecule has 0 aliphatic carbocycles. The summed E-state index contributed by atoms with van der Waals surface area (Å²) in [6.07, 6.45) is 1.67. The number of halogens is 2. The van der Waals surface area contributed by atoms with Crippen LogP contribution in [0.25, 0.3) is 0 Å². The quantitative estimate of drug-likeness (QED) is 0.864. The number of nitrogens with two attached hydrogens (primary N) is 1. The summed E-state index contributed by atoms with van der Waals surface area (Å²) in [6.45, 7) is 4.00. The van der Waals surface area contributed by atoms with E-state index < -0.39 is 23.3 Å². The van der Waals surface area contributed by atoms with Gasteiger partial charge >= 0.3 is 0 Å². The second-order valence-electron chi connectivity index (χ2n) is 4.84. The molecule has 1 heterocycles. The maximum atomic E-state index is 13.8. The van der Waals surface area contributed by atoms with E-state index in [1.807, 2.05) is 6.92 Å².